The highest BCUT2D eigenvalue weighted by Crippen LogP contribution is 2.44. The van der Waals surface area contributed by atoms with Crippen LogP contribution in [0.1, 0.15) is 50.7 Å². The fraction of sp³-hybridized carbons (Fsp3) is 0.385. The van der Waals surface area contributed by atoms with E-state index in [2.05, 4.69) is 0 Å². The number of carbonyl (C=O) groups excluding carboxylic acids is 2. The summed E-state index contributed by atoms with van der Waals surface area (Å²) < 4.78 is 21.9. The van der Waals surface area contributed by atoms with E-state index in [1.165, 1.54) is 0 Å². The van der Waals surface area contributed by atoms with Crippen molar-refractivity contribution in [2.75, 3.05) is 13.2 Å². The van der Waals surface area contributed by atoms with Crippen LogP contribution in [-0.2, 0) is 9.47 Å². The van der Waals surface area contributed by atoms with Crippen molar-refractivity contribution in [1.29, 1.82) is 0 Å². The highest BCUT2D eigenvalue weighted by atomic mass is 16.7. The van der Waals surface area contributed by atoms with Gasteiger partial charge >= 0.3 is 12.3 Å². The van der Waals surface area contributed by atoms with Crippen LogP contribution in [0, 0.1) is 13.8 Å². The van der Waals surface area contributed by atoms with Gasteiger partial charge in [0.05, 0.1) is 13.2 Å². The van der Waals surface area contributed by atoms with Gasteiger partial charge in [0.2, 0.25) is 0 Å². The standard InChI is InChI=1S/C26H30O6/c1-5-7-13-29-25(27)31-23-19-11-9-10-12-20(19)24(32-26(28)30-14-8-6-2)22-18(4)15-17(3)16-21(22)23/h9-12,15-16H,5-8,13-14H2,1-4H3. The van der Waals surface area contributed by atoms with E-state index in [1.807, 2.05) is 64.1 Å². The molecule has 0 unspecified atom stereocenters. The van der Waals surface area contributed by atoms with Crippen LogP contribution in [0.5, 0.6) is 11.5 Å². The van der Waals surface area contributed by atoms with E-state index in [-0.39, 0.29) is 0 Å². The predicted molar refractivity (Wildman–Crippen MR) is 125 cm³/mol. The van der Waals surface area contributed by atoms with Crippen LogP contribution in [0.2, 0.25) is 0 Å². The molecule has 0 saturated heterocycles. The molecule has 3 aromatic rings. The summed E-state index contributed by atoms with van der Waals surface area (Å²) in [6.45, 7) is 8.54. The smallest absolute Gasteiger partial charge is 0.434 e. The van der Waals surface area contributed by atoms with E-state index in [4.69, 9.17) is 18.9 Å². The number of hydrogen-bond donors (Lipinski definition) is 0. The summed E-state index contributed by atoms with van der Waals surface area (Å²) in [4.78, 5) is 24.8. The number of unbranched alkanes of at least 4 members (excludes halogenated alkanes) is 2. The molecule has 32 heavy (non-hydrogen) atoms. The average Bonchev–Trinajstić information content (AvgIpc) is 2.76. The van der Waals surface area contributed by atoms with E-state index in [1.54, 1.807) is 0 Å². The van der Waals surface area contributed by atoms with Gasteiger partial charge in [0.15, 0.2) is 5.75 Å². The van der Waals surface area contributed by atoms with Crippen molar-refractivity contribution in [2.24, 2.45) is 0 Å². The first kappa shape index (κ1) is 23.4. The second kappa shape index (κ2) is 10.8. The van der Waals surface area contributed by atoms with Gasteiger partial charge in [-0.05, 0) is 38.3 Å². The SMILES string of the molecule is CCCCOC(=O)Oc1c2ccccc2c(OC(=O)OCCCC)c2c(C)cc(C)cc12. The summed E-state index contributed by atoms with van der Waals surface area (Å²) in [5.41, 5.74) is 1.89. The monoisotopic (exact) mass is 438 g/mol. The summed E-state index contributed by atoms with van der Waals surface area (Å²) >= 11 is 0. The third-order valence-corrected chi connectivity index (χ3v) is 5.17. The van der Waals surface area contributed by atoms with Crippen molar-refractivity contribution in [3.63, 3.8) is 0 Å². The Morgan fingerprint density at radius 3 is 1.84 bits per heavy atom. The van der Waals surface area contributed by atoms with Gasteiger partial charge in [0.25, 0.3) is 0 Å². The van der Waals surface area contributed by atoms with Crippen LogP contribution in [0.4, 0.5) is 9.59 Å². The summed E-state index contributed by atoms with van der Waals surface area (Å²) in [7, 11) is 0. The molecule has 6 nitrogen and oxygen atoms in total. The first-order chi connectivity index (χ1) is 15.5. The Labute approximate surface area is 188 Å². The molecule has 0 heterocycles. The first-order valence-electron chi connectivity index (χ1n) is 11.1. The van der Waals surface area contributed by atoms with Crippen LogP contribution >= 0.6 is 0 Å². The highest BCUT2D eigenvalue weighted by molar-refractivity contribution is 6.13. The van der Waals surface area contributed by atoms with Crippen LogP contribution in [0.3, 0.4) is 0 Å². The zero-order chi connectivity index (χ0) is 23.1. The van der Waals surface area contributed by atoms with E-state index in [9.17, 15) is 9.59 Å². The highest BCUT2D eigenvalue weighted by Gasteiger charge is 2.22. The number of benzene rings is 3. The quantitative estimate of drug-likeness (QED) is 0.160. The molecule has 0 saturated carbocycles. The van der Waals surface area contributed by atoms with Gasteiger partial charge in [0, 0.05) is 21.5 Å². The van der Waals surface area contributed by atoms with Gasteiger partial charge < -0.3 is 18.9 Å². The van der Waals surface area contributed by atoms with Crippen LogP contribution in [0.25, 0.3) is 21.5 Å². The first-order valence-corrected chi connectivity index (χ1v) is 11.1. The van der Waals surface area contributed by atoms with E-state index in [0.29, 0.717) is 46.3 Å². The van der Waals surface area contributed by atoms with Gasteiger partial charge in [-0.1, -0.05) is 62.6 Å². The van der Waals surface area contributed by atoms with Crippen LogP contribution in [0.15, 0.2) is 36.4 Å². The number of aryl methyl sites for hydroxylation is 2. The minimum atomic E-state index is -0.753. The Morgan fingerprint density at radius 1 is 0.750 bits per heavy atom. The summed E-state index contributed by atoms with van der Waals surface area (Å²) in [5, 5.41) is 2.66. The molecule has 0 aliphatic rings. The third-order valence-electron chi connectivity index (χ3n) is 5.17. The summed E-state index contributed by atoms with van der Waals surface area (Å²) in [6, 6.07) is 11.3. The molecule has 0 atom stereocenters. The third kappa shape index (κ3) is 5.31. The molecule has 0 amide bonds. The lowest BCUT2D eigenvalue weighted by atomic mass is 9.96. The van der Waals surface area contributed by atoms with Gasteiger partial charge in [-0.3, -0.25) is 0 Å². The fourth-order valence-corrected chi connectivity index (χ4v) is 3.65. The van der Waals surface area contributed by atoms with E-state index >= 15 is 0 Å². The molecule has 0 aliphatic carbocycles. The maximum absolute atomic E-state index is 12.4. The van der Waals surface area contributed by atoms with Crippen molar-refractivity contribution in [3.05, 3.63) is 47.5 Å². The molecule has 0 aliphatic heterocycles. The lowest BCUT2D eigenvalue weighted by molar-refractivity contribution is 0.0970. The number of hydrogen-bond acceptors (Lipinski definition) is 6. The van der Waals surface area contributed by atoms with Crippen molar-refractivity contribution in [2.45, 2.75) is 53.4 Å². The van der Waals surface area contributed by atoms with Gasteiger partial charge in [-0.2, -0.15) is 0 Å². The molecule has 0 bridgehead atoms. The Bertz CT molecular complexity index is 1120. The van der Waals surface area contributed by atoms with Crippen molar-refractivity contribution in [1.82, 2.24) is 0 Å². The molecule has 0 spiro atoms. The van der Waals surface area contributed by atoms with Crippen molar-refractivity contribution in [3.8, 4) is 11.5 Å². The molecule has 0 radical (unpaired) electrons. The van der Waals surface area contributed by atoms with Gasteiger partial charge in [-0.15, -0.1) is 0 Å². The zero-order valence-electron chi connectivity index (χ0n) is 19.2. The average molecular weight is 439 g/mol. The predicted octanol–water partition coefficient (Wildman–Crippen LogP) is 7.24. The second-order valence-corrected chi connectivity index (χ2v) is 7.82. The molecule has 3 aromatic carbocycles. The molecule has 170 valence electrons. The minimum absolute atomic E-state index is 0.300. The Hall–Kier alpha value is -3.28. The van der Waals surface area contributed by atoms with E-state index in [0.717, 1.165) is 36.8 Å². The van der Waals surface area contributed by atoms with E-state index < -0.39 is 12.3 Å². The molecular formula is C26H30O6. The Balaban J connectivity index is 2.13. The minimum Gasteiger partial charge on any atom is -0.434 e. The molecule has 0 aromatic heterocycles. The molecule has 3 rings (SSSR count). The van der Waals surface area contributed by atoms with Crippen LogP contribution < -0.4 is 9.47 Å². The summed E-state index contributed by atoms with van der Waals surface area (Å²) in [5.74, 6) is 0.775. The van der Waals surface area contributed by atoms with Gasteiger partial charge in [0.1, 0.15) is 5.75 Å². The topological polar surface area (TPSA) is 71.1 Å². The van der Waals surface area contributed by atoms with Crippen molar-refractivity contribution < 1.29 is 28.5 Å². The largest absolute Gasteiger partial charge is 0.513 e. The zero-order valence-corrected chi connectivity index (χ0v) is 19.2. The maximum atomic E-state index is 12.4. The van der Waals surface area contributed by atoms with Crippen molar-refractivity contribution >= 4 is 33.9 Å². The second-order valence-electron chi connectivity index (χ2n) is 7.82. The Kier molecular flexibility index (Phi) is 7.92. The lowest BCUT2D eigenvalue weighted by Gasteiger charge is -2.18. The lowest BCUT2D eigenvalue weighted by Crippen LogP contribution is -2.14. The van der Waals surface area contributed by atoms with Gasteiger partial charge in [-0.25, -0.2) is 9.59 Å². The number of carbonyl (C=O) groups is 2. The Morgan fingerprint density at radius 2 is 1.28 bits per heavy atom. The summed E-state index contributed by atoms with van der Waals surface area (Å²) in [6.07, 6.45) is 1.86. The molecular weight excluding hydrogens is 408 g/mol. The normalized spacial score (nSPS) is 10.9. The molecule has 0 fully saturated rings. The molecule has 0 N–H and O–H groups in total. The molecule has 6 heteroatoms. The maximum Gasteiger partial charge on any atom is 0.513 e. The number of rotatable bonds is 8. The van der Waals surface area contributed by atoms with Crippen LogP contribution in [-0.4, -0.2) is 25.5 Å². The number of fused-ring (bicyclic) bond motifs is 2. The number of ether oxygens (including phenoxy) is 4. The fourth-order valence-electron chi connectivity index (χ4n) is 3.65.